The molecule has 1 aliphatic rings. The molecule has 0 saturated carbocycles. The minimum absolute atomic E-state index is 0.0628. The largest absolute Gasteiger partial charge is 0.394 e. The van der Waals surface area contributed by atoms with Crippen LogP contribution in [0.3, 0.4) is 0 Å². The van der Waals surface area contributed by atoms with Crippen LogP contribution in [0.2, 0.25) is 0 Å². The van der Waals surface area contributed by atoms with E-state index in [0.29, 0.717) is 12.8 Å². The van der Waals surface area contributed by atoms with E-state index in [1.54, 1.807) is 0 Å². The summed E-state index contributed by atoms with van der Waals surface area (Å²) in [6.07, 6.45) is 3.28. The summed E-state index contributed by atoms with van der Waals surface area (Å²) < 4.78 is 5.50. The smallest absolute Gasteiger partial charge is 0.245 e. The summed E-state index contributed by atoms with van der Waals surface area (Å²) in [5.74, 6) is -0.173. The Morgan fingerprint density at radius 3 is 2.82 bits per heavy atom. The number of hydrogen-bond acceptors (Lipinski definition) is 4. The van der Waals surface area contributed by atoms with Crippen molar-refractivity contribution in [2.45, 2.75) is 25.7 Å². The molecule has 96 valence electrons. The van der Waals surface area contributed by atoms with Crippen molar-refractivity contribution >= 4 is 12.3 Å². The van der Waals surface area contributed by atoms with Gasteiger partial charge in [0.15, 0.2) is 0 Å². The summed E-state index contributed by atoms with van der Waals surface area (Å²) in [7, 11) is 1.51. The van der Waals surface area contributed by atoms with Crippen LogP contribution >= 0.6 is 0 Å². The highest BCUT2D eigenvalue weighted by Crippen LogP contribution is 2.27. The van der Waals surface area contributed by atoms with Crippen LogP contribution in [-0.2, 0) is 14.3 Å². The second kappa shape index (κ2) is 6.36. The van der Waals surface area contributed by atoms with Gasteiger partial charge in [0.2, 0.25) is 12.3 Å². The summed E-state index contributed by atoms with van der Waals surface area (Å²) in [4.78, 5) is 23.3. The molecule has 1 rings (SSSR count). The third-order valence-corrected chi connectivity index (χ3v) is 2.72. The second-order valence-corrected chi connectivity index (χ2v) is 4.03. The van der Waals surface area contributed by atoms with Crippen LogP contribution in [0.25, 0.3) is 0 Å². The van der Waals surface area contributed by atoms with Crippen LogP contribution in [0.4, 0.5) is 0 Å². The monoisotopic (exact) mass is 242 g/mol. The maximum Gasteiger partial charge on any atom is 0.245 e. The Labute approximate surface area is 100 Å². The third-order valence-electron chi connectivity index (χ3n) is 2.72. The van der Waals surface area contributed by atoms with Crippen molar-refractivity contribution in [3.63, 3.8) is 0 Å². The zero-order chi connectivity index (χ0) is 12.8. The van der Waals surface area contributed by atoms with Gasteiger partial charge in [0.25, 0.3) is 0 Å². The third kappa shape index (κ3) is 3.54. The van der Waals surface area contributed by atoms with Crippen molar-refractivity contribution in [1.82, 2.24) is 10.2 Å². The van der Waals surface area contributed by atoms with Gasteiger partial charge >= 0.3 is 0 Å². The molecule has 2 amide bonds. The normalized spacial score (nSPS) is 28.3. The van der Waals surface area contributed by atoms with E-state index in [2.05, 4.69) is 5.32 Å². The van der Waals surface area contributed by atoms with Crippen LogP contribution in [0.5, 0.6) is 0 Å². The predicted molar refractivity (Wildman–Crippen MR) is 60.6 cm³/mol. The number of likely N-dealkylation sites (N-methyl/N-ethyl adjacent to an activating group) is 1. The molecule has 17 heavy (non-hydrogen) atoms. The molecule has 1 saturated heterocycles. The Bertz CT molecular complexity index is 306. The summed E-state index contributed by atoms with van der Waals surface area (Å²) in [6.45, 7) is 1.87. The van der Waals surface area contributed by atoms with Crippen LogP contribution in [-0.4, -0.2) is 48.3 Å². The zero-order valence-electron chi connectivity index (χ0n) is 10.00. The molecule has 0 aromatic carbocycles. The number of amides is 2. The SMILES string of the molecule is CNC(=O)/C=C\N(C=O)C1OC(CO)CC1C. The Morgan fingerprint density at radius 2 is 2.35 bits per heavy atom. The average Bonchev–Trinajstić information content (AvgIpc) is 2.71. The van der Waals surface area contributed by atoms with E-state index in [1.807, 2.05) is 6.92 Å². The second-order valence-electron chi connectivity index (χ2n) is 4.03. The molecule has 0 aromatic rings. The molecule has 0 spiro atoms. The lowest BCUT2D eigenvalue weighted by atomic mass is 10.1. The quantitative estimate of drug-likeness (QED) is 0.501. The molecule has 1 fully saturated rings. The molecule has 2 N–H and O–H groups in total. The summed E-state index contributed by atoms with van der Waals surface area (Å²) in [6, 6.07) is 0. The van der Waals surface area contributed by atoms with E-state index in [4.69, 9.17) is 9.84 Å². The fourth-order valence-electron chi connectivity index (χ4n) is 1.82. The van der Waals surface area contributed by atoms with Crippen molar-refractivity contribution in [1.29, 1.82) is 0 Å². The maximum atomic E-state index is 11.0. The molecule has 6 heteroatoms. The van der Waals surface area contributed by atoms with E-state index in [1.165, 1.54) is 24.2 Å². The van der Waals surface area contributed by atoms with Crippen LogP contribution in [0.15, 0.2) is 12.3 Å². The number of carbonyl (C=O) groups is 2. The van der Waals surface area contributed by atoms with Crippen molar-refractivity contribution < 1.29 is 19.4 Å². The van der Waals surface area contributed by atoms with E-state index in [9.17, 15) is 9.59 Å². The number of nitrogens with one attached hydrogen (secondary N) is 1. The van der Waals surface area contributed by atoms with Crippen LogP contribution in [0.1, 0.15) is 13.3 Å². The molecule has 3 unspecified atom stereocenters. The first-order chi connectivity index (χ1) is 8.12. The number of carbonyl (C=O) groups excluding carboxylic acids is 2. The number of rotatable bonds is 5. The van der Waals surface area contributed by atoms with Crippen molar-refractivity contribution in [2.75, 3.05) is 13.7 Å². The first-order valence-corrected chi connectivity index (χ1v) is 5.51. The van der Waals surface area contributed by atoms with Crippen LogP contribution < -0.4 is 5.32 Å². The number of hydrogen-bond donors (Lipinski definition) is 2. The molecule has 0 bridgehead atoms. The molecular formula is C11H18N2O4. The Balaban J connectivity index is 2.65. The van der Waals surface area contributed by atoms with Gasteiger partial charge in [-0.1, -0.05) is 6.92 Å². The van der Waals surface area contributed by atoms with Gasteiger partial charge in [-0.25, -0.2) is 0 Å². The summed E-state index contributed by atoms with van der Waals surface area (Å²) in [5, 5.41) is 11.4. The lowest BCUT2D eigenvalue weighted by Gasteiger charge is -2.23. The lowest BCUT2D eigenvalue weighted by molar-refractivity contribution is -0.129. The Hall–Kier alpha value is -1.40. The minimum atomic E-state index is -0.425. The summed E-state index contributed by atoms with van der Waals surface area (Å²) in [5.41, 5.74) is 0. The summed E-state index contributed by atoms with van der Waals surface area (Å²) >= 11 is 0. The first kappa shape index (κ1) is 13.7. The standard InChI is InChI=1S/C11H18N2O4/c1-8-5-9(6-14)17-11(8)13(7-15)4-3-10(16)12-2/h3-4,7-9,11,14H,5-6H2,1-2H3,(H,12,16)/b4-3-. The predicted octanol–water partition coefficient (Wildman–Crippen LogP) is -0.552. The highest BCUT2D eigenvalue weighted by Gasteiger charge is 2.34. The average molecular weight is 242 g/mol. The van der Waals surface area contributed by atoms with E-state index in [0.717, 1.165) is 0 Å². The number of nitrogens with zero attached hydrogens (tertiary/aromatic N) is 1. The highest BCUT2D eigenvalue weighted by molar-refractivity contribution is 5.87. The van der Waals surface area contributed by atoms with Gasteiger partial charge in [-0.15, -0.1) is 0 Å². The lowest BCUT2D eigenvalue weighted by Crippen LogP contribution is -2.34. The molecule has 1 heterocycles. The zero-order valence-corrected chi connectivity index (χ0v) is 10.00. The van der Waals surface area contributed by atoms with Gasteiger partial charge in [0.05, 0.1) is 12.7 Å². The topological polar surface area (TPSA) is 78.9 Å². The molecule has 3 atom stereocenters. The van der Waals surface area contributed by atoms with Gasteiger partial charge in [0.1, 0.15) is 6.23 Å². The van der Waals surface area contributed by atoms with Crippen molar-refractivity contribution in [3.8, 4) is 0 Å². The van der Waals surface area contributed by atoms with Crippen molar-refractivity contribution in [3.05, 3.63) is 12.3 Å². The van der Waals surface area contributed by atoms with E-state index < -0.39 is 6.23 Å². The molecule has 6 nitrogen and oxygen atoms in total. The highest BCUT2D eigenvalue weighted by atomic mass is 16.5. The van der Waals surface area contributed by atoms with Gasteiger partial charge in [-0.3, -0.25) is 14.5 Å². The van der Waals surface area contributed by atoms with Crippen molar-refractivity contribution in [2.24, 2.45) is 5.92 Å². The van der Waals surface area contributed by atoms with Gasteiger partial charge < -0.3 is 15.2 Å². The number of aliphatic hydroxyl groups is 1. The molecule has 0 aromatic heterocycles. The Kier molecular flexibility index (Phi) is 5.11. The molecule has 0 aliphatic carbocycles. The van der Waals surface area contributed by atoms with Gasteiger partial charge in [-0.2, -0.15) is 0 Å². The van der Waals surface area contributed by atoms with E-state index >= 15 is 0 Å². The molecular weight excluding hydrogens is 224 g/mol. The Morgan fingerprint density at radius 1 is 1.65 bits per heavy atom. The fourth-order valence-corrected chi connectivity index (χ4v) is 1.82. The first-order valence-electron chi connectivity index (χ1n) is 5.51. The minimum Gasteiger partial charge on any atom is -0.394 e. The molecule has 1 aliphatic heterocycles. The maximum absolute atomic E-state index is 11.0. The fraction of sp³-hybridized carbons (Fsp3) is 0.636. The molecule has 0 radical (unpaired) electrons. The van der Waals surface area contributed by atoms with Crippen LogP contribution in [0, 0.1) is 5.92 Å². The van der Waals surface area contributed by atoms with E-state index in [-0.39, 0.29) is 24.5 Å². The number of ether oxygens (including phenoxy) is 1. The van der Waals surface area contributed by atoms with Gasteiger partial charge in [-0.05, 0) is 6.42 Å². The number of aliphatic hydroxyl groups excluding tert-OH is 1. The van der Waals surface area contributed by atoms with Gasteiger partial charge in [0, 0.05) is 25.2 Å².